The second-order valence-corrected chi connectivity index (χ2v) is 10.4. The van der Waals surface area contributed by atoms with Gasteiger partial charge in [-0.3, -0.25) is 0 Å². The quantitative estimate of drug-likeness (QED) is 0.199. The third-order valence-electron chi connectivity index (χ3n) is 6.75. The van der Waals surface area contributed by atoms with E-state index in [9.17, 15) is 0 Å². The molecule has 0 spiro atoms. The maximum absolute atomic E-state index is 6.78. The Morgan fingerprint density at radius 3 is 1.43 bits per heavy atom. The Balaban J connectivity index is 1.57. The molecule has 1 nitrogen and oxygen atoms in total. The third-order valence-corrected chi connectivity index (χ3v) is 7.82. The minimum absolute atomic E-state index is 0.712. The zero-order valence-electron chi connectivity index (χ0n) is 19.9. The van der Waals surface area contributed by atoms with Crippen molar-refractivity contribution >= 4 is 56.6 Å². The van der Waals surface area contributed by atoms with Crippen LogP contribution in [0, 0.1) is 0 Å². The van der Waals surface area contributed by atoms with Gasteiger partial charge in [0.2, 0.25) is 0 Å². The summed E-state index contributed by atoms with van der Waals surface area (Å²) >= 11 is 19.7. The maximum atomic E-state index is 6.78. The topological polar surface area (TPSA) is 12.9 Å². The standard InChI is InChI=1S/C33H22Cl3N/c34-28-10-4-1-7-23(28)17-21-13-15-31-26(19-21)33(25-9-3-6-12-30(25)36)27-20-22(14-16-32(27)37-31)18-24-8-2-5-11-29(24)35/h1-16,19-20H,17-18H2. The molecule has 0 aliphatic heterocycles. The highest BCUT2D eigenvalue weighted by Crippen LogP contribution is 2.39. The van der Waals surface area contributed by atoms with Crippen LogP contribution in [-0.4, -0.2) is 4.98 Å². The molecule has 6 rings (SSSR count). The Bertz CT molecular complexity index is 1670. The number of pyridine rings is 1. The lowest BCUT2D eigenvalue weighted by Crippen LogP contribution is -1.95. The van der Waals surface area contributed by atoms with Gasteiger partial charge in [-0.2, -0.15) is 0 Å². The van der Waals surface area contributed by atoms with Crippen molar-refractivity contribution in [2.24, 2.45) is 0 Å². The largest absolute Gasteiger partial charge is 0.248 e. The number of hydrogen-bond donors (Lipinski definition) is 0. The summed E-state index contributed by atoms with van der Waals surface area (Å²) in [5.41, 5.74) is 8.48. The number of benzene rings is 5. The van der Waals surface area contributed by atoms with Crippen molar-refractivity contribution in [3.63, 3.8) is 0 Å². The van der Waals surface area contributed by atoms with E-state index >= 15 is 0 Å². The lowest BCUT2D eigenvalue weighted by Gasteiger charge is -2.15. The zero-order chi connectivity index (χ0) is 25.4. The second kappa shape index (κ2) is 10.2. The summed E-state index contributed by atoms with van der Waals surface area (Å²) in [4.78, 5) is 5.03. The molecule has 0 atom stereocenters. The van der Waals surface area contributed by atoms with E-state index in [0.29, 0.717) is 5.02 Å². The summed E-state index contributed by atoms with van der Waals surface area (Å²) in [5, 5.41) is 4.40. The number of fused-ring (bicyclic) bond motifs is 2. The van der Waals surface area contributed by atoms with Gasteiger partial charge in [0.15, 0.2) is 0 Å². The summed E-state index contributed by atoms with van der Waals surface area (Å²) < 4.78 is 0. The Morgan fingerprint density at radius 1 is 0.486 bits per heavy atom. The van der Waals surface area contributed by atoms with Crippen molar-refractivity contribution < 1.29 is 0 Å². The van der Waals surface area contributed by atoms with E-state index in [4.69, 9.17) is 39.8 Å². The zero-order valence-corrected chi connectivity index (χ0v) is 22.2. The number of nitrogens with zero attached hydrogens (tertiary/aromatic N) is 1. The van der Waals surface area contributed by atoms with E-state index in [-0.39, 0.29) is 0 Å². The molecule has 0 unspecified atom stereocenters. The summed E-state index contributed by atoms with van der Waals surface area (Å²) in [6.45, 7) is 0. The molecule has 0 saturated heterocycles. The van der Waals surface area contributed by atoms with Crippen LogP contribution in [0.4, 0.5) is 0 Å². The number of halogens is 3. The van der Waals surface area contributed by atoms with Crippen LogP contribution in [-0.2, 0) is 12.8 Å². The molecule has 0 aliphatic rings. The van der Waals surface area contributed by atoms with Gasteiger partial charge in [0.05, 0.1) is 11.0 Å². The molecule has 1 aromatic heterocycles. The van der Waals surface area contributed by atoms with E-state index in [1.807, 2.05) is 54.6 Å². The Hall–Kier alpha value is -3.36. The highest BCUT2D eigenvalue weighted by atomic mass is 35.5. The second-order valence-electron chi connectivity index (χ2n) is 9.21. The molecule has 5 aromatic carbocycles. The van der Waals surface area contributed by atoms with Crippen molar-refractivity contribution in [2.45, 2.75) is 12.8 Å². The molecule has 0 aliphatic carbocycles. The minimum Gasteiger partial charge on any atom is -0.248 e. The number of aromatic nitrogens is 1. The first-order chi connectivity index (χ1) is 18.1. The van der Waals surface area contributed by atoms with Crippen molar-refractivity contribution in [1.29, 1.82) is 0 Å². The molecule has 6 aromatic rings. The molecule has 0 saturated carbocycles. The van der Waals surface area contributed by atoms with E-state index in [1.54, 1.807) is 0 Å². The van der Waals surface area contributed by atoms with Crippen LogP contribution in [0.5, 0.6) is 0 Å². The van der Waals surface area contributed by atoms with Gasteiger partial charge < -0.3 is 0 Å². The molecule has 37 heavy (non-hydrogen) atoms. The van der Waals surface area contributed by atoms with Gasteiger partial charge >= 0.3 is 0 Å². The molecule has 0 radical (unpaired) electrons. The monoisotopic (exact) mass is 537 g/mol. The summed E-state index contributed by atoms with van der Waals surface area (Å²) in [6, 6.07) is 36.9. The highest BCUT2D eigenvalue weighted by Gasteiger charge is 2.16. The maximum Gasteiger partial charge on any atom is 0.0716 e. The molecule has 180 valence electrons. The van der Waals surface area contributed by atoms with E-state index in [2.05, 4.69) is 54.6 Å². The van der Waals surface area contributed by atoms with Crippen molar-refractivity contribution in [1.82, 2.24) is 4.98 Å². The van der Waals surface area contributed by atoms with Gasteiger partial charge in [-0.15, -0.1) is 0 Å². The Labute approximate surface area is 231 Å². The lowest BCUT2D eigenvalue weighted by atomic mass is 9.92. The fourth-order valence-corrected chi connectivity index (χ4v) is 5.57. The highest BCUT2D eigenvalue weighted by molar-refractivity contribution is 6.34. The van der Waals surface area contributed by atoms with Crippen LogP contribution in [0.3, 0.4) is 0 Å². The van der Waals surface area contributed by atoms with Crippen LogP contribution in [0.15, 0.2) is 109 Å². The van der Waals surface area contributed by atoms with Crippen molar-refractivity contribution in [3.8, 4) is 11.1 Å². The predicted octanol–water partition coefficient (Wildman–Crippen LogP) is 10.2. The number of rotatable bonds is 5. The van der Waals surface area contributed by atoms with Gasteiger partial charge in [-0.1, -0.05) is 102 Å². The van der Waals surface area contributed by atoms with E-state index in [1.165, 1.54) is 11.1 Å². The van der Waals surface area contributed by atoms with Gasteiger partial charge in [-0.05, 0) is 77.6 Å². The molecular formula is C33H22Cl3N. The SMILES string of the molecule is Clc1ccccc1Cc1ccc2nc3ccc(Cc4ccccc4Cl)cc3c(-c3ccccc3Cl)c2c1. The van der Waals surface area contributed by atoms with E-state index in [0.717, 1.165) is 66.9 Å². The summed E-state index contributed by atoms with van der Waals surface area (Å²) in [6.07, 6.45) is 1.48. The Kier molecular flexibility index (Phi) is 6.61. The average molecular weight is 539 g/mol. The van der Waals surface area contributed by atoms with Crippen LogP contribution in [0.1, 0.15) is 22.3 Å². The van der Waals surface area contributed by atoms with Crippen LogP contribution >= 0.6 is 34.8 Å². The Morgan fingerprint density at radius 2 is 0.946 bits per heavy atom. The average Bonchev–Trinajstić information content (AvgIpc) is 2.91. The van der Waals surface area contributed by atoms with Gasteiger partial charge in [0, 0.05) is 37.0 Å². The molecule has 1 heterocycles. The third kappa shape index (κ3) is 4.83. The van der Waals surface area contributed by atoms with Gasteiger partial charge in [0.1, 0.15) is 0 Å². The normalized spacial score (nSPS) is 11.3. The summed E-state index contributed by atoms with van der Waals surface area (Å²) in [7, 11) is 0. The van der Waals surface area contributed by atoms with Crippen LogP contribution in [0.25, 0.3) is 32.9 Å². The van der Waals surface area contributed by atoms with E-state index < -0.39 is 0 Å². The van der Waals surface area contributed by atoms with Crippen LogP contribution in [0.2, 0.25) is 15.1 Å². The first-order valence-electron chi connectivity index (χ1n) is 12.1. The smallest absolute Gasteiger partial charge is 0.0716 e. The lowest BCUT2D eigenvalue weighted by molar-refractivity contribution is 1.19. The first kappa shape index (κ1) is 24.0. The van der Waals surface area contributed by atoms with Crippen LogP contribution < -0.4 is 0 Å². The van der Waals surface area contributed by atoms with Gasteiger partial charge in [-0.25, -0.2) is 4.98 Å². The molecular weight excluding hydrogens is 517 g/mol. The minimum atomic E-state index is 0.712. The fourth-order valence-electron chi connectivity index (χ4n) is 4.93. The fraction of sp³-hybridized carbons (Fsp3) is 0.0606. The van der Waals surface area contributed by atoms with Gasteiger partial charge in [0.25, 0.3) is 0 Å². The van der Waals surface area contributed by atoms with Crippen molar-refractivity contribution in [3.05, 3.63) is 147 Å². The molecule has 0 fully saturated rings. The molecule has 0 N–H and O–H groups in total. The predicted molar refractivity (Wildman–Crippen MR) is 158 cm³/mol. The van der Waals surface area contributed by atoms with Crippen molar-refractivity contribution in [2.75, 3.05) is 0 Å². The summed E-state index contributed by atoms with van der Waals surface area (Å²) in [5.74, 6) is 0. The molecule has 0 amide bonds. The number of hydrogen-bond acceptors (Lipinski definition) is 1. The molecule has 0 bridgehead atoms. The first-order valence-corrected chi connectivity index (χ1v) is 13.3. The molecule has 4 heteroatoms.